The van der Waals surface area contributed by atoms with Crippen LogP contribution in [0.3, 0.4) is 0 Å². The minimum absolute atomic E-state index is 0.247. The minimum Gasteiger partial charge on any atom is -0.493 e. The van der Waals surface area contributed by atoms with Gasteiger partial charge in [-0.05, 0) is 31.2 Å². The molecule has 84 valence electrons. The Morgan fingerprint density at radius 1 is 1.40 bits per heavy atom. The molecule has 4 heteroatoms. The minimum atomic E-state index is -0.838. The molecule has 1 atom stereocenters. The fraction of sp³-hybridized carbons (Fsp3) is 0.455. The first-order valence-corrected chi connectivity index (χ1v) is 5.64. The van der Waals surface area contributed by atoms with Crippen molar-refractivity contribution >= 4 is 15.9 Å². The van der Waals surface area contributed by atoms with Gasteiger partial charge in [-0.2, -0.15) is 0 Å². The molecule has 1 unspecified atom stereocenters. The van der Waals surface area contributed by atoms with Crippen molar-refractivity contribution in [1.29, 1.82) is 0 Å². The third-order valence-electron chi connectivity index (χ3n) is 2.16. The molecule has 3 nitrogen and oxygen atoms in total. The highest BCUT2D eigenvalue weighted by molar-refractivity contribution is 9.10. The number of aliphatic hydroxyl groups is 1. The molecule has 0 aliphatic heterocycles. The maximum absolute atomic E-state index is 9.63. The van der Waals surface area contributed by atoms with Gasteiger partial charge in [0.25, 0.3) is 0 Å². The molecule has 1 rings (SSSR count). The quantitative estimate of drug-likeness (QED) is 0.862. The molecule has 0 aliphatic carbocycles. The zero-order valence-corrected chi connectivity index (χ0v) is 10.3. The summed E-state index contributed by atoms with van der Waals surface area (Å²) in [4.78, 5) is 0. The van der Waals surface area contributed by atoms with Gasteiger partial charge in [0.15, 0.2) is 0 Å². The topological polar surface area (TPSA) is 55.5 Å². The van der Waals surface area contributed by atoms with Gasteiger partial charge in [-0.25, -0.2) is 0 Å². The van der Waals surface area contributed by atoms with Crippen LogP contribution in [0.25, 0.3) is 0 Å². The number of ether oxygens (including phenoxy) is 1. The molecule has 1 aromatic rings. The third kappa shape index (κ3) is 4.64. The molecule has 1 aromatic carbocycles. The van der Waals surface area contributed by atoms with Gasteiger partial charge in [0.2, 0.25) is 0 Å². The average molecular weight is 274 g/mol. The molecule has 0 saturated carbocycles. The molecule has 0 amide bonds. The van der Waals surface area contributed by atoms with Crippen LogP contribution >= 0.6 is 15.9 Å². The molecule has 0 spiro atoms. The number of nitrogens with two attached hydrogens (primary N) is 1. The molecule has 0 aromatic heterocycles. The van der Waals surface area contributed by atoms with Gasteiger partial charge in [0.1, 0.15) is 5.75 Å². The fourth-order valence-corrected chi connectivity index (χ4v) is 1.29. The summed E-state index contributed by atoms with van der Waals surface area (Å²) in [5, 5.41) is 9.63. The third-order valence-corrected chi connectivity index (χ3v) is 2.69. The van der Waals surface area contributed by atoms with Crippen molar-refractivity contribution in [3.8, 4) is 5.75 Å². The number of hydrogen-bond acceptors (Lipinski definition) is 3. The highest BCUT2D eigenvalue weighted by Gasteiger charge is 2.17. The zero-order valence-electron chi connectivity index (χ0n) is 8.74. The van der Waals surface area contributed by atoms with Crippen molar-refractivity contribution in [1.82, 2.24) is 0 Å². The largest absolute Gasteiger partial charge is 0.493 e. The van der Waals surface area contributed by atoms with Crippen LogP contribution in [-0.4, -0.2) is 23.9 Å². The molecular weight excluding hydrogens is 258 g/mol. The van der Waals surface area contributed by atoms with Gasteiger partial charge < -0.3 is 15.6 Å². The first-order chi connectivity index (χ1) is 7.03. The second-order valence-electron chi connectivity index (χ2n) is 3.75. The average Bonchev–Trinajstić information content (AvgIpc) is 2.21. The number of hydrogen-bond donors (Lipinski definition) is 2. The summed E-state index contributed by atoms with van der Waals surface area (Å²) in [7, 11) is 0. The molecule has 3 N–H and O–H groups in total. The predicted molar refractivity (Wildman–Crippen MR) is 63.9 cm³/mol. The van der Waals surface area contributed by atoms with E-state index in [2.05, 4.69) is 15.9 Å². The highest BCUT2D eigenvalue weighted by atomic mass is 79.9. The molecule has 0 fully saturated rings. The van der Waals surface area contributed by atoms with E-state index >= 15 is 0 Å². The second kappa shape index (κ2) is 5.49. The van der Waals surface area contributed by atoms with Crippen molar-refractivity contribution < 1.29 is 9.84 Å². The lowest BCUT2D eigenvalue weighted by Crippen LogP contribution is -2.35. The van der Waals surface area contributed by atoms with Gasteiger partial charge in [0.05, 0.1) is 12.2 Å². The van der Waals surface area contributed by atoms with Crippen LogP contribution in [0.15, 0.2) is 28.7 Å². The van der Waals surface area contributed by atoms with Gasteiger partial charge >= 0.3 is 0 Å². The Morgan fingerprint density at radius 3 is 2.53 bits per heavy atom. The number of benzene rings is 1. The monoisotopic (exact) mass is 273 g/mol. The van der Waals surface area contributed by atoms with Crippen molar-refractivity contribution in [2.45, 2.75) is 18.9 Å². The van der Waals surface area contributed by atoms with E-state index in [0.29, 0.717) is 13.0 Å². The van der Waals surface area contributed by atoms with Gasteiger partial charge in [-0.3, -0.25) is 0 Å². The summed E-state index contributed by atoms with van der Waals surface area (Å²) in [6.07, 6.45) is 0.527. The Balaban J connectivity index is 2.35. The van der Waals surface area contributed by atoms with Crippen LogP contribution in [0, 0.1) is 0 Å². The molecular formula is C11H16BrNO2. The summed E-state index contributed by atoms with van der Waals surface area (Å²) in [6, 6.07) is 7.58. The Labute approximate surface area is 98.4 Å². The van der Waals surface area contributed by atoms with E-state index in [-0.39, 0.29) is 6.54 Å². The molecule has 0 saturated heterocycles. The van der Waals surface area contributed by atoms with Crippen LogP contribution in [0.2, 0.25) is 0 Å². The van der Waals surface area contributed by atoms with E-state index in [1.54, 1.807) is 6.92 Å². The van der Waals surface area contributed by atoms with Crippen LogP contribution in [0.4, 0.5) is 0 Å². The van der Waals surface area contributed by atoms with Gasteiger partial charge in [0, 0.05) is 17.4 Å². The number of halogens is 1. The van der Waals surface area contributed by atoms with E-state index in [0.717, 1.165) is 10.2 Å². The standard InChI is InChI=1S/C11H16BrNO2/c1-11(14,8-13)6-7-15-10-4-2-9(12)3-5-10/h2-5,14H,6-8,13H2,1H3. The van der Waals surface area contributed by atoms with E-state index in [9.17, 15) is 5.11 Å². The summed E-state index contributed by atoms with van der Waals surface area (Å²) >= 11 is 3.34. The fourth-order valence-electron chi connectivity index (χ4n) is 1.02. The normalized spacial score (nSPS) is 14.7. The van der Waals surface area contributed by atoms with E-state index in [1.807, 2.05) is 24.3 Å². The highest BCUT2D eigenvalue weighted by Crippen LogP contribution is 2.17. The predicted octanol–water partition coefficient (Wildman–Crippen LogP) is 1.93. The van der Waals surface area contributed by atoms with Crippen molar-refractivity contribution in [3.05, 3.63) is 28.7 Å². The molecule has 0 aliphatic rings. The Morgan fingerprint density at radius 2 is 2.00 bits per heavy atom. The van der Waals surface area contributed by atoms with E-state index in [4.69, 9.17) is 10.5 Å². The second-order valence-corrected chi connectivity index (χ2v) is 4.67. The summed E-state index contributed by atoms with van der Waals surface area (Å²) in [5.41, 5.74) is 4.56. The first-order valence-electron chi connectivity index (χ1n) is 4.84. The Hall–Kier alpha value is -0.580. The van der Waals surface area contributed by atoms with Crippen LogP contribution in [0.5, 0.6) is 5.75 Å². The van der Waals surface area contributed by atoms with Crippen LogP contribution < -0.4 is 10.5 Å². The summed E-state index contributed by atoms with van der Waals surface area (Å²) < 4.78 is 6.48. The number of rotatable bonds is 5. The van der Waals surface area contributed by atoms with Gasteiger partial charge in [-0.1, -0.05) is 15.9 Å². The molecule has 15 heavy (non-hydrogen) atoms. The smallest absolute Gasteiger partial charge is 0.119 e. The SMILES string of the molecule is CC(O)(CN)CCOc1ccc(Br)cc1. The maximum atomic E-state index is 9.63. The lowest BCUT2D eigenvalue weighted by molar-refractivity contribution is 0.0453. The van der Waals surface area contributed by atoms with E-state index in [1.165, 1.54) is 0 Å². The lowest BCUT2D eigenvalue weighted by atomic mass is 10.0. The first kappa shape index (κ1) is 12.5. The molecule has 0 bridgehead atoms. The van der Waals surface area contributed by atoms with Crippen molar-refractivity contribution in [2.75, 3.05) is 13.2 Å². The van der Waals surface area contributed by atoms with Crippen LogP contribution in [0.1, 0.15) is 13.3 Å². The van der Waals surface area contributed by atoms with Crippen molar-refractivity contribution in [3.63, 3.8) is 0 Å². The van der Waals surface area contributed by atoms with Crippen molar-refractivity contribution in [2.24, 2.45) is 5.73 Å². The lowest BCUT2D eigenvalue weighted by Gasteiger charge is -2.20. The summed E-state index contributed by atoms with van der Waals surface area (Å²) in [6.45, 7) is 2.42. The zero-order chi connectivity index (χ0) is 11.3. The van der Waals surface area contributed by atoms with Crippen LogP contribution in [-0.2, 0) is 0 Å². The molecule has 0 radical (unpaired) electrons. The molecule has 0 heterocycles. The van der Waals surface area contributed by atoms with E-state index < -0.39 is 5.60 Å². The Bertz CT molecular complexity index is 298. The Kier molecular flexibility index (Phi) is 4.57. The maximum Gasteiger partial charge on any atom is 0.119 e. The van der Waals surface area contributed by atoms with Gasteiger partial charge in [-0.15, -0.1) is 0 Å². The summed E-state index contributed by atoms with van der Waals surface area (Å²) in [5.74, 6) is 0.797.